The molecule has 9 heteroatoms. The molecule has 0 unspecified atom stereocenters. The van der Waals surface area contributed by atoms with Crippen molar-refractivity contribution < 1.29 is 9.59 Å². The summed E-state index contributed by atoms with van der Waals surface area (Å²) in [6, 6.07) is 8.00. The zero-order valence-corrected chi connectivity index (χ0v) is 21.8. The number of hydrogen-bond donors (Lipinski definition) is 2. The van der Waals surface area contributed by atoms with Crippen molar-refractivity contribution in [2.75, 3.05) is 64.6 Å². The van der Waals surface area contributed by atoms with E-state index in [2.05, 4.69) is 34.4 Å². The van der Waals surface area contributed by atoms with Crippen LogP contribution < -0.4 is 15.5 Å². The number of hydrogen-bond acceptors (Lipinski definition) is 7. The van der Waals surface area contributed by atoms with Crippen LogP contribution in [0, 0.1) is 0 Å². The highest BCUT2D eigenvalue weighted by molar-refractivity contribution is 5.91. The molecule has 2 rings (SSSR count). The third-order valence-electron chi connectivity index (χ3n) is 5.42. The highest BCUT2D eigenvalue weighted by Gasteiger charge is 2.11. The van der Waals surface area contributed by atoms with Crippen LogP contribution in [-0.4, -0.2) is 86.0 Å². The molecule has 2 amide bonds. The Morgan fingerprint density at radius 1 is 1.11 bits per heavy atom. The molecule has 0 fully saturated rings. The summed E-state index contributed by atoms with van der Waals surface area (Å²) in [4.78, 5) is 39.1. The molecule has 0 spiro atoms. The molecule has 9 nitrogen and oxygen atoms in total. The van der Waals surface area contributed by atoms with Gasteiger partial charge in [-0.05, 0) is 51.6 Å². The average Bonchev–Trinajstić information content (AvgIpc) is 2.83. The Morgan fingerprint density at radius 2 is 1.89 bits per heavy atom. The molecule has 0 aliphatic rings. The number of nitrogens with zero attached hydrogens (tertiary/aromatic N) is 5. The zero-order chi connectivity index (χ0) is 25.8. The number of benzene rings is 1. The minimum atomic E-state index is -0.191. The van der Waals surface area contributed by atoms with Crippen LogP contribution in [0.3, 0.4) is 0 Å². The summed E-state index contributed by atoms with van der Waals surface area (Å²) in [7, 11) is 7.49. The molecule has 1 heterocycles. The second-order valence-electron chi connectivity index (χ2n) is 8.68. The Morgan fingerprint density at radius 3 is 2.57 bits per heavy atom. The van der Waals surface area contributed by atoms with Crippen LogP contribution >= 0.6 is 0 Å². The van der Waals surface area contributed by atoms with Crippen LogP contribution in [0.2, 0.25) is 0 Å². The van der Waals surface area contributed by atoms with Gasteiger partial charge in [0.05, 0.1) is 18.4 Å². The van der Waals surface area contributed by atoms with E-state index < -0.39 is 0 Å². The molecule has 1 aromatic heterocycles. The van der Waals surface area contributed by atoms with Gasteiger partial charge >= 0.3 is 0 Å². The summed E-state index contributed by atoms with van der Waals surface area (Å²) in [5, 5.41) is 6.22. The van der Waals surface area contributed by atoms with Crippen molar-refractivity contribution in [3.63, 3.8) is 0 Å². The van der Waals surface area contributed by atoms with E-state index in [0.717, 1.165) is 35.7 Å². The lowest BCUT2D eigenvalue weighted by atomic mass is 10.1. The normalized spacial score (nSPS) is 11.1. The Hall–Kier alpha value is -3.46. The van der Waals surface area contributed by atoms with Gasteiger partial charge in [0.15, 0.2) is 11.6 Å². The molecule has 0 aliphatic carbocycles. The van der Waals surface area contributed by atoms with Gasteiger partial charge in [0.2, 0.25) is 11.8 Å². The van der Waals surface area contributed by atoms with Gasteiger partial charge in [-0.15, -0.1) is 0 Å². The molecule has 2 N–H and O–H groups in total. The summed E-state index contributed by atoms with van der Waals surface area (Å²) in [5.41, 5.74) is 2.96. The Bertz CT molecular complexity index is 1010. The molecular weight excluding hydrogens is 442 g/mol. The Labute approximate surface area is 209 Å². The molecule has 0 aliphatic heterocycles. The first-order valence-corrected chi connectivity index (χ1v) is 12.0. The maximum atomic E-state index is 12.2. The maximum absolute atomic E-state index is 12.2. The van der Waals surface area contributed by atoms with Crippen LogP contribution in [0.5, 0.6) is 0 Å². The standard InChI is InChI=1S/C26H39N7O2/c1-7-22-26(32(5)8-2)30-23(18-28-22)29-21-12-9-11-20(17-21)14-15-27-24(34)19-33(6)25(35)13-10-16-31(3)4/h9-13,17-18H,7-8,14-16,19H2,1-6H3,(H,27,34)(H,29,30)/b13-10+. The number of aromatic nitrogens is 2. The quantitative estimate of drug-likeness (QED) is 0.425. The van der Waals surface area contributed by atoms with Crippen molar-refractivity contribution >= 4 is 29.1 Å². The van der Waals surface area contributed by atoms with Crippen molar-refractivity contribution in [3.8, 4) is 0 Å². The number of carbonyl (C=O) groups is 2. The maximum Gasteiger partial charge on any atom is 0.246 e. The first-order chi connectivity index (χ1) is 16.7. The molecule has 1 aromatic carbocycles. The zero-order valence-electron chi connectivity index (χ0n) is 21.8. The van der Waals surface area contributed by atoms with E-state index in [4.69, 9.17) is 4.98 Å². The fourth-order valence-electron chi connectivity index (χ4n) is 3.31. The first-order valence-electron chi connectivity index (χ1n) is 12.0. The Kier molecular flexibility index (Phi) is 11.2. The summed E-state index contributed by atoms with van der Waals surface area (Å²) in [6.45, 7) is 6.19. The summed E-state index contributed by atoms with van der Waals surface area (Å²) in [6.07, 6.45) is 6.53. The molecule has 0 atom stereocenters. The third kappa shape index (κ3) is 9.36. The largest absolute Gasteiger partial charge is 0.358 e. The van der Waals surface area contributed by atoms with Crippen LogP contribution in [0.25, 0.3) is 0 Å². The molecule has 0 radical (unpaired) electrons. The second-order valence-corrected chi connectivity index (χ2v) is 8.68. The van der Waals surface area contributed by atoms with E-state index in [1.807, 2.05) is 50.3 Å². The number of anilines is 3. The molecule has 2 aromatic rings. The third-order valence-corrected chi connectivity index (χ3v) is 5.42. The van der Waals surface area contributed by atoms with E-state index in [1.54, 1.807) is 19.3 Å². The van der Waals surface area contributed by atoms with E-state index in [9.17, 15) is 9.59 Å². The van der Waals surface area contributed by atoms with Crippen LogP contribution in [-0.2, 0) is 22.4 Å². The van der Waals surface area contributed by atoms with Crippen LogP contribution in [0.15, 0.2) is 42.6 Å². The number of nitrogens with one attached hydrogen (secondary N) is 2. The Balaban J connectivity index is 1.88. The lowest BCUT2D eigenvalue weighted by molar-refractivity contribution is -0.131. The monoisotopic (exact) mass is 481 g/mol. The molecule has 0 bridgehead atoms. The summed E-state index contributed by atoms with van der Waals surface area (Å²) >= 11 is 0. The molecule has 0 saturated heterocycles. The van der Waals surface area contributed by atoms with Gasteiger partial charge < -0.3 is 25.3 Å². The molecule has 190 valence electrons. The molecule has 0 saturated carbocycles. The van der Waals surface area contributed by atoms with Gasteiger partial charge in [-0.2, -0.15) is 0 Å². The topological polar surface area (TPSA) is 93.7 Å². The predicted molar refractivity (Wildman–Crippen MR) is 142 cm³/mol. The molecule has 35 heavy (non-hydrogen) atoms. The number of likely N-dealkylation sites (N-methyl/N-ethyl adjacent to an activating group) is 2. The highest BCUT2D eigenvalue weighted by atomic mass is 16.2. The lowest BCUT2D eigenvalue weighted by Gasteiger charge is -2.19. The predicted octanol–water partition coefficient (Wildman–Crippen LogP) is 2.47. The highest BCUT2D eigenvalue weighted by Crippen LogP contribution is 2.21. The van der Waals surface area contributed by atoms with Gasteiger partial charge in [-0.1, -0.05) is 25.1 Å². The number of rotatable bonds is 13. The number of carbonyl (C=O) groups excluding carboxylic acids is 2. The minimum absolute atomic E-state index is 0.0215. The number of aryl methyl sites for hydroxylation is 1. The fraction of sp³-hybridized carbons (Fsp3) is 0.462. The van der Waals surface area contributed by atoms with Gasteiger partial charge in [-0.25, -0.2) is 4.98 Å². The van der Waals surface area contributed by atoms with Gasteiger partial charge in [0, 0.05) is 45.5 Å². The van der Waals surface area contributed by atoms with Crippen LogP contribution in [0.4, 0.5) is 17.3 Å². The second kappa shape index (κ2) is 14.1. The van der Waals surface area contributed by atoms with Crippen molar-refractivity contribution in [3.05, 3.63) is 53.9 Å². The fourth-order valence-corrected chi connectivity index (χ4v) is 3.31. The van der Waals surface area contributed by atoms with Crippen molar-refractivity contribution in [2.24, 2.45) is 0 Å². The first kappa shape index (κ1) is 27.8. The van der Waals surface area contributed by atoms with Crippen LogP contribution in [0.1, 0.15) is 25.1 Å². The van der Waals surface area contributed by atoms with E-state index >= 15 is 0 Å². The van der Waals surface area contributed by atoms with E-state index in [-0.39, 0.29) is 18.4 Å². The SMILES string of the molecule is CCc1ncc(Nc2cccc(CCNC(=O)CN(C)C(=O)/C=C/CN(C)C)c2)nc1N(C)CC. The minimum Gasteiger partial charge on any atom is -0.358 e. The van der Waals surface area contributed by atoms with E-state index in [1.165, 1.54) is 11.0 Å². The van der Waals surface area contributed by atoms with Crippen molar-refractivity contribution in [1.29, 1.82) is 0 Å². The van der Waals surface area contributed by atoms with Gasteiger partial charge in [0.1, 0.15) is 0 Å². The van der Waals surface area contributed by atoms with Gasteiger partial charge in [-0.3, -0.25) is 14.6 Å². The smallest absolute Gasteiger partial charge is 0.246 e. The average molecular weight is 482 g/mol. The number of amides is 2. The van der Waals surface area contributed by atoms with Gasteiger partial charge in [0.25, 0.3) is 0 Å². The van der Waals surface area contributed by atoms with Crippen molar-refractivity contribution in [2.45, 2.75) is 26.7 Å². The van der Waals surface area contributed by atoms with Crippen molar-refractivity contribution in [1.82, 2.24) is 25.1 Å². The molecular formula is C26H39N7O2. The summed E-state index contributed by atoms with van der Waals surface area (Å²) in [5.74, 6) is 1.20. The van der Waals surface area contributed by atoms with E-state index in [0.29, 0.717) is 25.3 Å². The lowest BCUT2D eigenvalue weighted by Crippen LogP contribution is -2.38. The summed E-state index contributed by atoms with van der Waals surface area (Å²) < 4.78 is 0.